The van der Waals surface area contributed by atoms with E-state index >= 15 is 0 Å². The summed E-state index contributed by atoms with van der Waals surface area (Å²) in [4.78, 5) is 11.2. The third kappa shape index (κ3) is 9.74. The van der Waals surface area contributed by atoms with Gasteiger partial charge in [-0.25, -0.2) is 9.97 Å². The highest BCUT2D eigenvalue weighted by Gasteiger charge is 1.94. The van der Waals surface area contributed by atoms with Crippen LogP contribution in [0.3, 0.4) is 0 Å². The number of benzene rings is 6. The van der Waals surface area contributed by atoms with Crippen LogP contribution in [-0.2, 0) is 0 Å². The van der Waals surface area contributed by atoms with Crippen molar-refractivity contribution in [1.29, 1.82) is 0 Å². The highest BCUT2D eigenvalue weighted by atomic mass is 32.1. The number of thiophene rings is 1. The van der Waals surface area contributed by atoms with E-state index in [9.17, 15) is 0 Å². The van der Waals surface area contributed by atoms with Crippen molar-refractivity contribution in [1.82, 2.24) is 20.1 Å². The van der Waals surface area contributed by atoms with E-state index < -0.39 is 0 Å². The number of para-hydroxylation sites is 6. The van der Waals surface area contributed by atoms with E-state index in [-0.39, 0.29) is 0 Å². The van der Waals surface area contributed by atoms with Crippen molar-refractivity contribution >= 4 is 86.9 Å². The van der Waals surface area contributed by atoms with Crippen molar-refractivity contribution in [2.45, 2.75) is 0 Å². The van der Waals surface area contributed by atoms with Crippen molar-refractivity contribution in [3.05, 3.63) is 200 Å². The molecule has 264 valence electrons. The summed E-state index contributed by atoms with van der Waals surface area (Å²) < 4.78 is 17.6. The van der Waals surface area contributed by atoms with Crippen LogP contribution in [-0.4, -0.2) is 20.1 Å². The Labute approximate surface area is 318 Å². The van der Waals surface area contributed by atoms with Gasteiger partial charge in [-0.2, -0.15) is 0 Å². The molecule has 7 nitrogen and oxygen atoms in total. The van der Waals surface area contributed by atoms with Crippen LogP contribution in [0.5, 0.6) is 0 Å². The molecule has 6 aromatic heterocycles. The number of aromatic amines is 1. The van der Waals surface area contributed by atoms with Crippen molar-refractivity contribution < 1.29 is 13.4 Å². The topological polar surface area (TPSA) is 93.9 Å². The lowest BCUT2D eigenvalue weighted by atomic mass is 10.3. The fourth-order valence-corrected chi connectivity index (χ4v) is 6.69. The van der Waals surface area contributed by atoms with Crippen LogP contribution in [0, 0.1) is 0 Å². The first-order valence-corrected chi connectivity index (χ1v) is 18.8. The number of nitrogens with zero attached hydrogens (tertiary/aromatic N) is 3. The molecule has 0 aliphatic carbocycles. The number of fused-ring (bicyclic) bond motifs is 6. The first-order valence-electron chi connectivity index (χ1n) is 17.0. The Hall–Kier alpha value is -6.81. The summed E-state index contributed by atoms with van der Waals surface area (Å²) in [5.74, 6) is 0. The molecule has 0 aliphatic rings. The molecule has 6 heterocycles. The molecule has 0 radical (unpaired) electrons. The summed E-state index contributed by atoms with van der Waals surface area (Å²) in [6, 6.07) is 54.3. The molecule has 54 heavy (non-hydrogen) atoms. The van der Waals surface area contributed by atoms with Crippen molar-refractivity contribution in [3.8, 4) is 0 Å². The van der Waals surface area contributed by atoms with E-state index in [4.69, 9.17) is 13.4 Å². The smallest absolute Gasteiger partial charge is 0.181 e. The number of hydrogen-bond donors (Lipinski definition) is 1. The molecule has 12 rings (SSSR count). The monoisotopic (exact) mass is 742 g/mol. The fourth-order valence-electron chi connectivity index (χ4n) is 5.22. The standard InChI is InChI=1S/C8H7N.C8H6O.C8H6S.2C7H5NO.C7H5NS/c3*1-2-4-8-7(3-1)5-6-9-8;1-2-4-7-6(3-1)8-5-9-7;1-2-4-7-6(3-1)5-8-9-7;1-2-4-7-6(3-1)8-5-9-7/h1-6,9H;2*1-6H;3*1-5H. The van der Waals surface area contributed by atoms with Gasteiger partial charge in [0.25, 0.3) is 0 Å². The second kappa shape index (κ2) is 18.6. The maximum atomic E-state index is 5.12. The second-order valence-corrected chi connectivity index (χ2v) is 13.3. The van der Waals surface area contributed by atoms with E-state index in [1.165, 1.54) is 32.1 Å². The first kappa shape index (κ1) is 35.6. The summed E-state index contributed by atoms with van der Waals surface area (Å²) in [5.41, 5.74) is 7.73. The zero-order valence-electron chi connectivity index (χ0n) is 28.9. The zero-order chi connectivity index (χ0) is 36.6. The molecule has 0 unspecified atom stereocenters. The Morgan fingerprint density at radius 2 is 1.13 bits per heavy atom. The molecular formula is C45H34N4O3S2. The van der Waals surface area contributed by atoms with Crippen LogP contribution >= 0.6 is 22.7 Å². The van der Waals surface area contributed by atoms with Crippen LogP contribution in [0.25, 0.3) is 64.2 Å². The van der Waals surface area contributed by atoms with Gasteiger partial charge in [0.05, 0.1) is 28.2 Å². The lowest BCUT2D eigenvalue weighted by molar-refractivity contribution is 0.456. The average molecular weight is 743 g/mol. The average Bonchev–Trinajstić information content (AvgIpc) is 4.09. The van der Waals surface area contributed by atoms with Crippen molar-refractivity contribution in [2.75, 3.05) is 0 Å². The molecule has 0 atom stereocenters. The van der Waals surface area contributed by atoms with E-state index in [1.54, 1.807) is 35.1 Å². The summed E-state index contributed by atoms with van der Waals surface area (Å²) in [6.07, 6.45) is 6.80. The van der Waals surface area contributed by atoms with Gasteiger partial charge in [-0.3, -0.25) is 0 Å². The molecule has 0 saturated carbocycles. The Bertz CT molecular complexity index is 2200. The number of H-pyrrole nitrogens is 1. The second-order valence-electron chi connectivity index (χ2n) is 11.5. The normalized spacial score (nSPS) is 10.2. The molecule has 6 aromatic carbocycles. The summed E-state index contributed by atoms with van der Waals surface area (Å²) in [7, 11) is 0. The Kier molecular flexibility index (Phi) is 12.3. The molecule has 9 heteroatoms. The van der Waals surface area contributed by atoms with E-state index in [2.05, 4.69) is 80.1 Å². The predicted molar refractivity (Wildman–Crippen MR) is 224 cm³/mol. The maximum Gasteiger partial charge on any atom is 0.181 e. The Morgan fingerprint density at radius 3 is 1.89 bits per heavy atom. The van der Waals surface area contributed by atoms with Gasteiger partial charge < -0.3 is 18.3 Å². The van der Waals surface area contributed by atoms with E-state index in [1.807, 2.05) is 121 Å². The minimum Gasteiger partial charge on any atom is -0.464 e. The Balaban J connectivity index is 0.0000001000. The number of nitrogens with one attached hydrogen (secondary N) is 1. The number of thiazole rings is 1. The highest BCUT2D eigenvalue weighted by molar-refractivity contribution is 7.17. The maximum absolute atomic E-state index is 5.12. The Morgan fingerprint density at radius 1 is 0.463 bits per heavy atom. The van der Waals surface area contributed by atoms with Crippen LogP contribution in [0.4, 0.5) is 0 Å². The van der Waals surface area contributed by atoms with E-state index in [0.717, 1.165) is 38.6 Å². The van der Waals surface area contributed by atoms with Gasteiger partial charge in [-0.05, 0) is 88.9 Å². The molecule has 12 aromatic rings. The summed E-state index contributed by atoms with van der Waals surface area (Å²) in [6.45, 7) is 0. The van der Waals surface area contributed by atoms with Crippen molar-refractivity contribution in [3.63, 3.8) is 0 Å². The van der Waals surface area contributed by atoms with Gasteiger partial charge in [-0.1, -0.05) is 96.2 Å². The summed E-state index contributed by atoms with van der Waals surface area (Å²) >= 11 is 3.46. The third-order valence-electron chi connectivity index (χ3n) is 7.92. The number of aromatic nitrogens is 4. The quantitative estimate of drug-likeness (QED) is 0.166. The van der Waals surface area contributed by atoms with Gasteiger partial charge in [0, 0.05) is 27.2 Å². The van der Waals surface area contributed by atoms with Gasteiger partial charge in [-0.15, -0.1) is 22.7 Å². The third-order valence-corrected chi connectivity index (χ3v) is 9.63. The molecule has 0 saturated heterocycles. The molecule has 0 aliphatic heterocycles. The van der Waals surface area contributed by atoms with Crippen LogP contribution in [0.15, 0.2) is 213 Å². The van der Waals surface area contributed by atoms with Gasteiger partial charge >= 0.3 is 0 Å². The van der Waals surface area contributed by atoms with Crippen LogP contribution in [0.2, 0.25) is 0 Å². The first-order chi connectivity index (χ1) is 26.8. The molecule has 0 bridgehead atoms. The van der Waals surface area contributed by atoms with E-state index in [0.29, 0.717) is 0 Å². The molecule has 0 spiro atoms. The summed E-state index contributed by atoms with van der Waals surface area (Å²) in [5, 5.41) is 10.6. The molecular weight excluding hydrogens is 709 g/mol. The molecule has 0 amide bonds. The number of furan rings is 1. The lowest BCUT2D eigenvalue weighted by Crippen LogP contribution is -1.61. The number of oxazole rings is 1. The fraction of sp³-hybridized carbons (Fsp3) is 0. The lowest BCUT2D eigenvalue weighted by Gasteiger charge is -1.83. The zero-order valence-corrected chi connectivity index (χ0v) is 30.6. The van der Waals surface area contributed by atoms with Crippen LogP contribution in [0.1, 0.15) is 0 Å². The highest BCUT2D eigenvalue weighted by Crippen LogP contribution is 2.19. The van der Waals surface area contributed by atoms with Crippen molar-refractivity contribution in [2.24, 2.45) is 0 Å². The molecule has 1 N–H and O–H groups in total. The van der Waals surface area contributed by atoms with Gasteiger partial charge in [0.2, 0.25) is 0 Å². The minimum atomic E-state index is 0.845. The number of hydrogen-bond acceptors (Lipinski definition) is 8. The largest absolute Gasteiger partial charge is 0.464 e. The molecule has 0 fully saturated rings. The predicted octanol–water partition coefficient (Wildman–Crippen LogP) is 13.5. The SMILES string of the molecule is c1ccc2[nH]ccc2c1.c1ccc2occc2c1.c1ccc2ocnc2c1.c1ccc2oncc2c1.c1ccc2sccc2c1.c1ccc2scnc2c1. The number of rotatable bonds is 0. The minimum absolute atomic E-state index is 0.845. The van der Waals surface area contributed by atoms with Crippen LogP contribution < -0.4 is 0 Å². The van der Waals surface area contributed by atoms with Gasteiger partial charge in [0.1, 0.15) is 11.1 Å². The van der Waals surface area contributed by atoms with Gasteiger partial charge in [0.15, 0.2) is 17.6 Å².